The van der Waals surface area contributed by atoms with Crippen molar-refractivity contribution >= 4 is 12.7 Å². The maximum atomic E-state index is 6.04. The van der Waals surface area contributed by atoms with Gasteiger partial charge in [-0.2, -0.15) is 0 Å². The van der Waals surface area contributed by atoms with Crippen LogP contribution in [0.15, 0.2) is 12.5 Å². The van der Waals surface area contributed by atoms with E-state index in [1.165, 1.54) is 19.3 Å². The summed E-state index contributed by atoms with van der Waals surface area (Å²) in [4.78, 5) is 4.52. The lowest BCUT2D eigenvalue weighted by molar-refractivity contribution is -0.0889. The second-order valence-electron chi connectivity index (χ2n) is 7.50. The minimum Gasteiger partial charge on any atom is -0.398 e. The van der Waals surface area contributed by atoms with Gasteiger partial charge in [0.15, 0.2) is 0 Å². The molecule has 0 atom stereocenters. The minimum atomic E-state index is -0.335. The van der Waals surface area contributed by atoms with Gasteiger partial charge in [0, 0.05) is 11.7 Å². The summed E-state index contributed by atoms with van der Waals surface area (Å²) in [5.41, 5.74) is 0.707. The second-order valence-corrected chi connectivity index (χ2v) is 7.50. The predicted molar refractivity (Wildman–Crippen MR) is 73.3 cm³/mol. The molecule has 0 amide bonds. The Balaban J connectivity index is 1.57. The van der Waals surface area contributed by atoms with E-state index in [-0.39, 0.29) is 18.3 Å². The van der Waals surface area contributed by atoms with Gasteiger partial charge in [-0.15, -0.1) is 0 Å². The molecule has 2 heterocycles. The lowest BCUT2D eigenvalue weighted by atomic mass is 9.50. The van der Waals surface area contributed by atoms with E-state index in [9.17, 15) is 0 Å². The molecular weight excluding hydrogens is 239 g/mol. The average molecular weight is 260 g/mol. The molecule has 4 aliphatic rings. The first-order valence-electron chi connectivity index (χ1n) is 7.21. The summed E-state index contributed by atoms with van der Waals surface area (Å²) in [7, 11) is -0.335. The Labute approximate surface area is 114 Å². The molecule has 19 heavy (non-hydrogen) atoms. The molecule has 4 fully saturated rings. The van der Waals surface area contributed by atoms with Crippen LogP contribution < -0.4 is 5.59 Å². The van der Waals surface area contributed by atoms with Crippen molar-refractivity contribution in [2.24, 2.45) is 5.92 Å². The van der Waals surface area contributed by atoms with Gasteiger partial charge in [-0.05, 0) is 52.9 Å². The first-order chi connectivity index (χ1) is 8.81. The topological polar surface area (TPSA) is 36.3 Å². The maximum absolute atomic E-state index is 6.04. The molecule has 1 aromatic rings. The summed E-state index contributed by atoms with van der Waals surface area (Å²) < 4.78 is 14.4. The highest BCUT2D eigenvalue weighted by Crippen LogP contribution is 2.62. The van der Waals surface area contributed by atoms with Crippen LogP contribution in [0.5, 0.6) is 0 Å². The number of rotatable bonds is 2. The summed E-state index contributed by atoms with van der Waals surface area (Å²) in [5.74, 6) is 0.975. The minimum absolute atomic E-state index is 0.294. The van der Waals surface area contributed by atoms with Gasteiger partial charge in [0.2, 0.25) is 0 Å². The van der Waals surface area contributed by atoms with E-state index in [4.69, 9.17) is 9.31 Å². The van der Waals surface area contributed by atoms with Crippen molar-refractivity contribution in [1.82, 2.24) is 9.55 Å². The third kappa shape index (κ3) is 1.46. The van der Waals surface area contributed by atoms with Gasteiger partial charge < -0.3 is 13.9 Å². The number of hydrogen-bond donors (Lipinski definition) is 0. The SMILES string of the molecule is CC1(C)OB(c2cn(C34CC(C3)C4)cn2)OC1(C)C. The first kappa shape index (κ1) is 12.0. The number of hydrogen-bond acceptors (Lipinski definition) is 3. The van der Waals surface area contributed by atoms with Crippen molar-refractivity contribution in [3.05, 3.63) is 12.5 Å². The third-order valence-corrected chi connectivity index (χ3v) is 5.65. The summed E-state index contributed by atoms with van der Waals surface area (Å²) in [5, 5.41) is 0. The smallest absolute Gasteiger partial charge is 0.398 e. The Hall–Kier alpha value is -0.805. The van der Waals surface area contributed by atoms with Crippen LogP contribution in [0.2, 0.25) is 0 Å². The van der Waals surface area contributed by atoms with E-state index in [0.29, 0.717) is 5.54 Å². The highest BCUT2D eigenvalue weighted by Gasteiger charge is 2.58. The fourth-order valence-electron chi connectivity index (χ4n) is 3.43. The van der Waals surface area contributed by atoms with Crippen molar-refractivity contribution in [3.63, 3.8) is 0 Å². The lowest BCUT2D eigenvalue weighted by Crippen LogP contribution is -2.59. The fourth-order valence-corrected chi connectivity index (χ4v) is 3.43. The quantitative estimate of drug-likeness (QED) is 0.759. The molecule has 102 valence electrons. The highest BCUT2D eigenvalue weighted by molar-refractivity contribution is 6.61. The van der Waals surface area contributed by atoms with E-state index in [1.54, 1.807) is 0 Å². The first-order valence-corrected chi connectivity index (χ1v) is 7.21. The predicted octanol–water partition coefficient (Wildman–Crippen LogP) is 1.69. The van der Waals surface area contributed by atoms with Crippen LogP contribution in [-0.4, -0.2) is 27.9 Å². The van der Waals surface area contributed by atoms with E-state index >= 15 is 0 Å². The molecule has 3 saturated carbocycles. The monoisotopic (exact) mass is 260 g/mol. The number of aromatic nitrogens is 2. The molecule has 3 aliphatic carbocycles. The third-order valence-electron chi connectivity index (χ3n) is 5.65. The largest absolute Gasteiger partial charge is 0.516 e. The highest BCUT2D eigenvalue weighted by atomic mass is 16.7. The molecule has 4 nitrogen and oxygen atoms in total. The molecule has 1 saturated heterocycles. The van der Waals surface area contributed by atoms with E-state index in [2.05, 4.69) is 43.4 Å². The Morgan fingerprint density at radius 3 is 2.21 bits per heavy atom. The molecule has 5 rings (SSSR count). The molecule has 0 aromatic carbocycles. The van der Waals surface area contributed by atoms with Gasteiger partial charge >= 0.3 is 7.12 Å². The summed E-state index contributed by atoms with van der Waals surface area (Å²) in [6.45, 7) is 8.30. The molecule has 1 aromatic heterocycles. The van der Waals surface area contributed by atoms with Crippen molar-refractivity contribution in [3.8, 4) is 0 Å². The van der Waals surface area contributed by atoms with Crippen molar-refractivity contribution < 1.29 is 9.31 Å². The molecule has 0 spiro atoms. The number of nitrogens with zero attached hydrogens (tertiary/aromatic N) is 2. The zero-order valence-electron chi connectivity index (χ0n) is 12.1. The lowest BCUT2D eigenvalue weighted by Gasteiger charge is -2.62. The van der Waals surface area contributed by atoms with Crippen molar-refractivity contribution in [1.29, 1.82) is 0 Å². The molecule has 5 heteroatoms. The zero-order valence-corrected chi connectivity index (χ0v) is 12.1. The normalized spacial score (nSPS) is 37.9. The second kappa shape index (κ2) is 3.26. The number of imidazole rings is 1. The standard InChI is InChI=1S/C14H21BN2O2/c1-12(2)13(3,4)19-15(18-12)11-8-17(9-16-11)14-5-10(6-14)7-14/h8-10H,5-7H2,1-4H3. The molecule has 0 N–H and O–H groups in total. The van der Waals surface area contributed by atoms with Crippen LogP contribution in [0.1, 0.15) is 47.0 Å². The van der Waals surface area contributed by atoms with Gasteiger partial charge in [0.05, 0.1) is 23.1 Å². The molecule has 0 radical (unpaired) electrons. The van der Waals surface area contributed by atoms with Crippen molar-refractivity contribution in [2.75, 3.05) is 0 Å². The Morgan fingerprint density at radius 2 is 1.74 bits per heavy atom. The Bertz CT molecular complexity index is 504. The molecular formula is C14H21BN2O2. The van der Waals surface area contributed by atoms with E-state index < -0.39 is 0 Å². The van der Waals surface area contributed by atoms with Gasteiger partial charge in [-0.1, -0.05) is 0 Å². The van der Waals surface area contributed by atoms with Crippen LogP contribution in [0, 0.1) is 5.92 Å². The van der Waals surface area contributed by atoms with E-state index in [1.807, 2.05) is 6.33 Å². The zero-order chi connectivity index (χ0) is 13.5. The van der Waals surface area contributed by atoms with Crippen molar-refractivity contribution in [2.45, 2.75) is 63.7 Å². The Kier molecular flexibility index (Phi) is 2.05. The molecule has 2 bridgehead atoms. The van der Waals surface area contributed by atoms with Crippen LogP contribution in [0.3, 0.4) is 0 Å². The molecule has 0 unspecified atom stereocenters. The van der Waals surface area contributed by atoms with Gasteiger partial charge in [0.25, 0.3) is 0 Å². The van der Waals surface area contributed by atoms with Gasteiger partial charge in [0.1, 0.15) is 0 Å². The van der Waals surface area contributed by atoms with Gasteiger partial charge in [-0.25, -0.2) is 4.98 Å². The van der Waals surface area contributed by atoms with Crippen LogP contribution in [-0.2, 0) is 14.8 Å². The average Bonchev–Trinajstić information content (AvgIpc) is 2.66. The summed E-state index contributed by atoms with van der Waals surface area (Å²) in [6.07, 6.45) is 8.05. The van der Waals surface area contributed by atoms with Gasteiger partial charge in [-0.3, -0.25) is 0 Å². The fraction of sp³-hybridized carbons (Fsp3) is 0.786. The Morgan fingerprint density at radius 1 is 1.16 bits per heavy atom. The maximum Gasteiger partial charge on any atom is 0.516 e. The van der Waals surface area contributed by atoms with Crippen LogP contribution in [0.25, 0.3) is 0 Å². The molecule has 1 aliphatic heterocycles. The van der Waals surface area contributed by atoms with Crippen LogP contribution >= 0.6 is 0 Å². The van der Waals surface area contributed by atoms with Crippen LogP contribution in [0.4, 0.5) is 0 Å². The summed E-state index contributed by atoms with van der Waals surface area (Å²) >= 11 is 0. The summed E-state index contributed by atoms with van der Waals surface area (Å²) in [6, 6.07) is 0. The van der Waals surface area contributed by atoms with E-state index in [0.717, 1.165) is 11.5 Å².